The summed E-state index contributed by atoms with van der Waals surface area (Å²) in [5, 5.41) is 0. The highest BCUT2D eigenvalue weighted by atomic mass is 16.5. The van der Waals surface area contributed by atoms with E-state index in [1.807, 2.05) is 37.5 Å². The quantitative estimate of drug-likeness (QED) is 0.709. The van der Waals surface area contributed by atoms with Crippen molar-refractivity contribution in [3.8, 4) is 0 Å². The highest BCUT2D eigenvalue weighted by Gasteiger charge is 2.04. The second-order valence-electron chi connectivity index (χ2n) is 3.11. The second kappa shape index (κ2) is 4.16. The van der Waals surface area contributed by atoms with Crippen molar-refractivity contribution in [3.63, 3.8) is 0 Å². The minimum Gasteiger partial charge on any atom is -0.474 e. The van der Waals surface area contributed by atoms with Gasteiger partial charge >= 0.3 is 0 Å². The zero-order chi connectivity index (χ0) is 9.80. The summed E-state index contributed by atoms with van der Waals surface area (Å²) in [4.78, 5) is 0. The Morgan fingerprint density at radius 3 is 2.57 bits per heavy atom. The van der Waals surface area contributed by atoms with Gasteiger partial charge in [-0.25, -0.2) is 0 Å². The summed E-state index contributed by atoms with van der Waals surface area (Å²) in [6, 6.07) is 8.16. The Kier molecular flexibility index (Phi) is 2.70. The summed E-state index contributed by atoms with van der Waals surface area (Å²) < 4.78 is 5.09. The Balaban J connectivity index is 2.20. The van der Waals surface area contributed by atoms with E-state index in [0.717, 1.165) is 16.6 Å². The van der Waals surface area contributed by atoms with Crippen LogP contribution in [0.2, 0.25) is 0 Å². The Morgan fingerprint density at radius 2 is 2.00 bits per heavy atom. The molecule has 69 valence electrons. The van der Waals surface area contributed by atoms with Crippen LogP contribution < -0.4 is 5.73 Å². The highest BCUT2D eigenvalue weighted by Crippen LogP contribution is 2.16. The van der Waals surface area contributed by atoms with Gasteiger partial charge in [-0.2, -0.15) is 0 Å². The molecule has 2 N–H and O–H groups in total. The maximum atomic E-state index is 5.52. The van der Waals surface area contributed by atoms with Crippen LogP contribution in [0.4, 0.5) is 0 Å². The molecule has 14 heavy (non-hydrogen) atoms. The maximum absolute atomic E-state index is 5.52. The number of rotatable bonds is 2. The van der Waals surface area contributed by atoms with Crippen molar-refractivity contribution < 1.29 is 4.74 Å². The third-order valence-corrected chi connectivity index (χ3v) is 2.15. The fraction of sp³-hybridized carbons (Fsp3) is 0.0909. The molecular weight excluding hydrogens is 173 g/mol. The molecule has 0 atom stereocenters. The summed E-state index contributed by atoms with van der Waals surface area (Å²) in [5.41, 5.74) is 8.89. The van der Waals surface area contributed by atoms with Gasteiger partial charge in [0, 0.05) is 6.54 Å². The second-order valence-corrected chi connectivity index (χ2v) is 3.11. The number of benzene rings is 1. The Morgan fingerprint density at radius 1 is 1.21 bits per heavy atom. The maximum Gasteiger partial charge on any atom is 0.190 e. The first kappa shape index (κ1) is 9.09. The van der Waals surface area contributed by atoms with Crippen molar-refractivity contribution in [2.24, 2.45) is 5.73 Å². The molecule has 0 bridgehead atoms. The molecule has 0 aliphatic carbocycles. The zero-order valence-corrected chi connectivity index (χ0v) is 7.81. The average Bonchev–Trinajstić information content (AvgIpc) is 2.30. The molecule has 3 heteroatoms. The van der Waals surface area contributed by atoms with Gasteiger partial charge in [0.1, 0.15) is 0 Å². The van der Waals surface area contributed by atoms with Gasteiger partial charge in [0.25, 0.3) is 0 Å². The number of nitrogens with two attached hydrogens (primary N) is 1. The van der Waals surface area contributed by atoms with E-state index in [0.29, 0.717) is 6.54 Å². The van der Waals surface area contributed by atoms with Crippen LogP contribution in [0.3, 0.4) is 0 Å². The van der Waals surface area contributed by atoms with Crippen molar-refractivity contribution >= 4 is 12.8 Å². The standard InChI is InChI=1S/C11H11BNO/c13-7-9-1-3-10(4-2-9)11-8-14-6-5-12-11/h1-6,8H,7,13H2. The summed E-state index contributed by atoms with van der Waals surface area (Å²) in [6.45, 7) is 0.583. The molecule has 1 heterocycles. The van der Waals surface area contributed by atoms with Crippen LogP contribution in [0.15, 0.2) is 42.8 Å². The fourth-order valence-electron chi connectivity index (χ4n) is 1.34. The van der Waals surface area contributed by atoms with Crippen molar-refractivity contribution in [2.45, 2.75) is 6.54 Å². The summed E-state index contributed by atoms with van der Waals surface area (Å²) in [6.07, 6.45) is 3.38. The van der Waals surface area contributed by atoms with E-state index in [-0.39, 0.29) is 0 Å². The van der Waals surface area contributed by atoms with Crippen LogP contribution in [0, 0.1) is 0 Å². The number of hydrogen-bond donors (Lipinski definition) is 1. The van der Waals surface area contributed by atoms with Gasteiger partial charge in [-0.3, -0.25) is 0 Å². The number of ether oxygens (including phenoxy) is 1. The largest absolute Gasteiger partial charge is 0.474 e. The van der Waals surface area contributed by atoms with Gasteiger partial charge in [-0.05, 0) is 16.6 Å². The molecule has 1 radical (unpaired) electrons. The molecule has 2 rings (SSSR count). The van der Waals surface area contributed by atoms with Crippen molar-refractivity contribution in [1.82, 2.24) is 0 Å². The van der Waals surface area contributed by atoms with Crippen molar-refractivity contribution in [1.29, 1.82) is 0 Å². The van der Waals surface area contributed by atoms with Gasteiger partial charge in [0.15, 0.2) is 7.28 Å². The summed E-state index contributed by atoms with van der Waals surface area (Å²) in [7, 11) is 2.01. The molecule has 0 saturated heterocycles. The summed E-state index contributed by atoms with van der Waals surface area (Å²) in [5.74, 6) is 1.88. The third-order valence-electron chi connectivity index (χ3n) is 2.15. The first-order valence-electron chi connectivity index (χ1n) is 4.55. The van der Waals surface area contributed by atoms with Crippen LogP contribution in [-0.2, 0) is 11.3 Å². The molecule has 1 aromatic rings. The van der Waals surface area contributed by atoms with E-state index in [9.17, 15) is 0 Å². The molecule has 0 spiro atoms. The molecular formula is C11H11BNO. The SMILES string of the molecule is NCc1ccc(C2=COC=C[B]2)cc1. The first-order chi connectivity index (χ1) is 6.90. The zero-order valence-electron chi connectivity index (χ0n) is 7.81. The molecule has 1 aromatic carbocycles. The van der Waals surface area contributed by atoms with Crippen LogP contribution in [0.25, 0.3) is 5.47 Å². The molecule has 0 aromatic heterocycles. The molecule has 0 fully saturated rings. The lowest BCUT2D eigenvalue weighted by Gasteiger charge is -2.08. The lowest BCUT2D eigenvalue weighted by Crippen LogP contribution is -1.99. The average molecular weight is 184 g/mol. The van der Waals surface area contributed by atoms with E-state index in [1.165, 1.54) is 0 Å². The fourth-order valence-corrected chi connectivity index (χ4v) is 1.34. The monoisotopic (exact) mass is 184 g/mol. The van der Waals surface area contributed by atoms with Gasteiger partial charge in [-0.15, -0.1) is 0 Å². The first-order valence-corrected chi connectivity index (χ1v) is 4.55. The highest BCUT2D eigenvalue weighted by molar-refractivity contribution is 6.65. The van der Waals surface area contributed by atoms with Gasteiger partial charge in [0.2, 0.25) is 0 Å². The minimum atomic E-state index is 0.583. The van der Waals surface area contributed by atoms with Crippen LogP contribution >= 0.6 is 0 Å². The third kappa shape index (κ3) is 1.88. The van der Waals surface area contributed by atoms with E-state index in [4.69, 9.17) is 10.5 Å². The normalized spacial score (nSPS) is 14.2. The topological polar surface area (TPSA) is 35.2 Å². The Bertz CT molecular complexity index is 367. The van der Waals surface area contributed by atoms with E-state index in [1.54, 1.807) is 12.5 Å². The van der Waals surface area contributed by atoms with Crippen LogP contribution in [0.5, 0.6) is 0 Å². The lowest BCUT2D eigenvalue weighted by atomic mass is 9.67. The molecule has 1 aliphatic heterocycles. The summed E-state index contributed by atoms with van der Waals surface area (Å²) >= 11 is 0. The van der Waals surface area contributed by atoms with Crippen LogP contribution in [0.1, 0.15) is 11.1 Å². The van der Waals surface area contributed by atoms with E-state index in [2.05, 4.69) is 0 Å². The van der Waals surface area contributed by atoms with Crippen molar-refractivity contribution in [2.75, 3.05) is 0 Å². The molecule has 0 amide bonds. The molecule has 0 saturated carbocycles. The Labute approximate surface area is 84.3 Å². The van der Waals surface area contributed by atoms with Gasteiger partial charge in [-0.1, -0.05) is 30.2 Å². The lowest BCUT2D eigenvalue weighted by molar-refractivity contribution is 0.405. The molecule has 0 unspecified atom stereocenters. The van der Waals surface area contributed by atoms with E-state index >= 15 is 0 Å². The predicted octanol–water partition coefficient (Wildman–Crippen LogP) is 1.65. The van der Waals surface area contributed by atoms with Crippen molar-refractivity contribution in [3.05, 3.63) is 53.9 Å². The Hall–Kier alpha value is -1.48. The van der Waals surface area contributed by atoms with Gasteiger partial charge < -0.3 is 10.5 Å². The minimum absolute atomic E-state index is 0.583. The van der Waals surface area contributed by atoms with Gasteiger partial charge in [0.05, 0.1) is 12.5 Å². The smallest absolute Gasteiger partial charge is 0.190 e. The molecule has 1 aliphatic rings. The molecule has 2 nitrogen and oxygen atoms in total. The predicted molar refractivity (Wildman–Crippen MR) is 58.3 cm³/mol. The number of hydrogen-bond acceptors (Lipinski definition) is 2. The van der Waals surface area contributed by atoms with E-state index < -0.39 is 0 Å². The van der Waals surface area contributed by atoms with Crippen LogP contribution in [-0.4, -0.2) is 7.28 Å².